The van der Waals surface area contributed by atoms with Gasteiger partial charge in [-0.15, -0.1) is 0 Å². The first-order valence-electron chi connectivity index (χ1n) is 10.8. The van der Waals surface area contributed by atoms with Gasteiger partial charge in [-0.2, -0.15) is 9.61 Å². The zero-order valence-electron chi connectivity index (χ0n) is 17.9. The Hall–Kier alpha value is -2.96. The zero-order valence-corrected chi connectivity index (χ0v) is 17.9. The van der Waals surface area contributed by atoms with Crippen LogP contribution in [0.4, 0.5) is 8.78 Å². The van der Waals surface area contributed by atoms with Gasteiger partial charge in [-0.25, -0.2) is 8.78 Å². The van der Waals surface area contributed by atoms with Crippen LogP contribution in [0, 0.1) is 31.4 Å². The summed E-state index contributed by atoms with van der Waals surface area (Å²) in [4.78, 5) is 13.0. The number of hydrogen-bond donors (Lipinski definition) is 1. The van der Waals surface area contributed by atoms with Crippen molar-refractivity contribution in [1.82, 2.24) is 14.9 Å². The third kappa shape index (κ3) is 4.55. The number of carbonyl (C=O) groups excluding carboxylic acids is 1. The van der Waals surface area contributed by atoms with Gasteiger partial charge in [0.2, 0.25) is 5.88 Å². The summed E-state index contributed by atoms with van der Waals surface area (Å²) in [5.74, 6) is -0.635. The topological polar surface area (TPSA) is 55.6 Å². The Morgan fingerprint density at radius 3 is 2.58 bits per heavy atom. The van der Waals surface area contributed by atoms with Crippen molar-refractivity contribution in [3.05, 3.63) is 64.4 Å². The third-order valence-electron chi connectivity index (χ3n) is 5.95. The van der Waals surface area contributed by atoms with Crippen molar-refractivity contribution in [3.8, 4) is 5.88 Å². The van der Waals surface area contributed by atoms with Crippen molar-refractivity contribution >= 4 is 11.4 Å². The van der Waals surface area contributed by atoms with Crippen LogP contribution in [0.15, 0.2) is 30.3 Å². The Balaban J connectivity index is 1.58. The van der Waals surface area contributed by atoms with Crippen LogP contribution in [0.25, 0.3) is 5.52 Å². The summed E-state index contributed by atoms with van der Waals surface area (Å²) in [6.07, 6.45) is 6.02. The molecule has 0 aliphatic heterocycles. The van der Waals surface area contributed by atoms with Crippen LogP contribution >= 0.6 is 0 Å². The predicted octanol–water partition coefficient (Wildman–Crippen LogP) is 5.12. The quantitative estimate of drug-likeness (QED) is 0.594. The average Bonchev–Trinajstić information content (AvgIpc) is 3.08. The number of nitrogens with one attached hydrogen (secondary N) is 1. The predicted molar refractivity (Wildman–Crippen MR) is 114 cm³/mol. The van der Waals surface area contributed by atoms with E-state index in [1.165, 1.54) is 42.0 Å². The van der Waals surface area contributed by atoms with Gasteiger partial charge in [0.1, 0.15) is 18.2 Å². The van der Waals surface area contributed by atoms with Gasteiger partial charge in [-0.05, 0) is 56.4 Å². The van der Waals surface area contributed by atoms with Gasteiger partial charge in [-0.3, -0.25) is 4.79 Å². The minimum absolute atomic E-state index is 0.147. The van der Waals surface area contributed by atoms with Crippen molar-refractivity contribution in [2.45, 2.75) is 52.6 Å². The fourth-order valence-corrected chi connectivity index (χ4v) is 4.28. The highest BCUT2D eigenvalue weighted by Gasteiger charge is 2.22. The van der Waals surface area contributed by atoms with Gasteiger partial charge in [0.25, 0.3) is 5.91 Å². The number of aryl methyl sites for hydroxylation is 2. The molecule has 164 valence electrons. The fraction of sp³-hybridized carbons (Fsp3) is 0.417. The summed E-state index contributed by atoms with van der Waals surface area (Å²) in [5, 5.41) is 7.54. The molecule has 1 saturated carbocycles. The maximum absolute atomic E-state index is 14.0. The molecule has 7 heteroatoms. The standard InChI is InChI=1S/C24H27F2N3O2/c1-15-11-21-23(24(30)27-13-17-7-4-3-5-8-17)16(2)28-29(21)22(12-15)31-14-18-19(25)9-6-10-20(18)26/h6,9-12,17H,3-5,7-8,13-14H2,1-2H3,(H,27,30). The highest BCUT2D eigenvalue weighted by atomic mass is 19.1. The second-order valence-corrected chi connectivity index (χ2v) is 8.33. The maximum atomic E-state index is 14.0. The van der Waals surface area contributed by atoms with Gasteiger partial charge in [-0.1, -0.05) is 25.3 Å². The van der Waals surface area contributed by atoms with E-state index in [4.69, 9.17) is 4.74 Å². The van der Waals surface area contributed by atoms with E-state index in [0.29, 0.717) is 35.1 Å². The number of nitrogens with zero attached hydrogens (tertiary/aromatic N) is 2. The number of aromatic nitrogens is 2. The molecular weight excluding hydrogens is 400 g/mol. The molecule has 1 aliphatic rings. The Labute approximate surface area is 180 Å². The number of halogens is 2. The SMILES string of the molecule is Cc1cc(OCc2c(F)cccc2F)n2nc(C)c(C(=O)NCC3CCCCC3)c2c1. The molecule has 0 spiro atoms. The molecule has 4 rings (SSSR count). The largest absolute Gasteiger partial charge is 0.473 e. The molecule has 0 atom stereocenters. The molecule has 31 heavy (non-hydrogen) atoms. The molecule has 3 aromatic rings. The lowest BCUT2D eigenvalue weighted by atomic mass is 9.89. The van der Waals surface area contributed by atoms with E-state index in [-0.39, 0.29) is 18.1 Å². The first-order valence-corrected chi connectivity index (χ1v) is 10.8. The molecule has 1 aromatic carbocycles. The van der Waals surface area contributed by atoms with E-state index in [0.717, 1.165) is 18.4 Å². The molecule has 0 saturated heterocycles. The van der Waals surface area contributed by atoms with Crippen LogP contribution in [-0.4, -0.2) is 22.1 Å². The van der Waals surface area contributed by atoms with Crippen molar-refractivity contribution < 1.29 is 18.3 Å². The second kappa shape index (κ2) is 9.04. The Morgan fingerprint density at radius 1 is 1.16 bits per heavy atom. The molecule has 1 amide bonds. The maximum Gasteiger partial charge on any atom is 0.255 e. The summed E-state index contributed by atoms with van der Waals surface area (Å²) in [5.41, 5.74) is 2.40. The zero-order chi connectivity index (χ0) is 22.0. The molecule has 2 heterocycles. The van der Waals surface area contributed by atoms with E-state index in [2.05, 4.69) is 10.4 Å². The molecule has 1 N–H and O–H groups in total. The van der Waals surface area contributed by atoms with Gasteiger partial charge >= 0.3 is 0 Å². The van der Waals surface area contributed by atoms with Gasteiger partial charge in [0.05, 0.1) is 22.3 Å². The van der Waals surface area contributed by atoms with E-state index in [9.17, 15) is 13.6 Å². The van der Waals surface area contributed by atoms with Crippen LogP contribution in [0.5, 0.6) is 5.88 Å². The normalized spacial score (nSPS) is 14.7. The highest BCUT2D eigenvalue weighted by molar-refractivity contribution is 6.02. The van der Waals surface area contributed by atoms with E-state index in [1.807, 2.05) is 13.0 Å². The molecule has 0 bridgehead atoms. The molecule has 5 nitrogen and oxygen atoms in total. The Bertz CT molecular complexity index is 1080. The van der Waals surface area contributed by atoms with E-state index < -0.39 is 11.6 Å². The van der Waals surface area contributed by atoms with Crippen molar-refractivity contribution in [2.75, 3.05) is 6.54 Å². The van der Waals surface area contributed by atoms with Crippen molar-refractivity contribution in [2.24, 2.45) is 5.92 Å². The number of rotatable bonds is 6. The number of hydrogen-bond acceptors (Lipinski definition) is 3. The molecule has 2 aromatic heterocycles. The van der Waals surface area contributed by atoms with Gasteiger partial charge < -0.3 is 10.1 Å². The Kier molecular flexibility index (Phi) is 6.20. The Morgan fingerprint density at radius 2 is 1.87 bits per heavy atom. The minimum Gasteiger partial charge on any atom is -0.473 e. The summed E-state index contributed by atoms with van der Waals surface area (Å²) < 4.78 is 35.2. The van der Waals surface area contributed by atoms with Crippen LogP contribution in [0.1, 0.15) is 59.3 Å². The first-order chi connectivity index (χ1) is 14.9. The molecule has 0 radical (unpaired) electrons. The molecular formula is C24H27F2N3O2. The molecule has 0 unspecified atom stereocenters. The van der Waals surface area contributed by atoms with E-state index >= 15 is 0 Å². The lowest BCUT2D eigenvalue weighted by Crippen LogP contribution is -2.30. The average molecular weight is 427 g/mol. The van der Waals surface area contributed by atoms with Crippen molar-refractivity contribution in [3.63, 3.8) is 0 Å². The van der Waals surface area contributed by atoms with E-state index in [1.54, 1.807) is 13.0 Å². The second-order valence-electron chi connectivity index (χ2n) is 8.33. The molecule has 1 fully saturated rings. The smallest absolute Gasteiger partial charge is 0.255 e. The summed E-state index contributed by atoms with van der Waals surface area (Å²) in [7, 11) is 0. The number of pyridine rings is 1. The molecule has 1 aliphatic carbocycles. The summed E-state index contributed by atoms with van der Waals surface area (Å²) in [6.45, 7) is 4.04. The summed E-state index contributed by atoms with van der Waals surface area (Å²) >= 11 is 0. The lowest BCUT2D eigenvalue weighted by Gasteiger charge is -2.21. The van der Waals surface area contributed by atoms with Crippen molar-refractivity contribution in [1.29, 1.82) is 0 Å². The summed E-state index contributed by atoms with van der Waals surface area (Å²) in [6, 6.07) is 7.31. The number of benzene rings is 1. The number of amides is 1. The first kappa shape index (κ1) is 21.3. The monoisotopic (exact) mass is 427 g/mol. The number of carbonyl (C=O) groups is 1. The minimum atomic E-state index is -0.664. The van der Waals surface area contributed by atoms with Gasteiger partial charge in [0.15, 0.2) is 0 Å². The fourth-order valence-electron chi connectivity index (χ4n) is 4.28. The lowest BCUT2D eigenvalue weighted by molar-refractivity contribution is 0.0944. The number of ether oxygens (including phenoxy) is 1. The third-order valence-corrected chi connectivity index (χ3v) is 5.95. The van der Waals surface area contributed by atoms with Gasteiger partial charge in [0, 0.05) is 12.6 Å². The van der Waals surface area contributed by atoms with Crippen LogP contribution in [0.3, 0.4) is 0 Å². The highest BCUT2D eigenvalue weighted by Crippen LogP contribution is 2.26. The van der Waals surface area contributed by atoms with Crippen LogP contribution in [0.2, 0.25) is 0 Å². The number of fused-ring (bicyclic) bond motifs is 1. The van der Waals surface area contributed by atoms with Crippen LogP contribution < -0.4 is 10.1 Å². The van der Waals surface area contributed by atoms with Crippen LogP contribution in [-0.2, 0) is 6.61 Å².